The molecule has 1 aliphatic heterocycles. The number of carbonyl (C=O) groups is 2. The summed E-state index contributed by atoms with van der Waals surface area (Å²) in [5, 5.41) is 2.94. The summed E-state index contributed by atoms with van der Waals surface area (Å²) in [5.41, 5.74) is 0. The molecule has 116 valence electrons. The molecule has 2 heterocycles. The fourth-order valence-corrected chi connectivity index (χ4v) is 2.55. The van der Waals surface area contributed by atoms with Crippen LogP contribution >= 0.6 is 0 Å². The SMILES string of the molecule is COCC(C)NC(=O)C1CCN(C(=O)c2ccco2)CC1. The number of likely N-dealkylation sites (tertiary alicyclic amines) is 1. The number of amides is 2. The first kappa shape index (κ1) is 15.6. The second kappa shape index (κ2) is 7.26. The van der Waals surface area contributed by atoms with Gasteiger partial charge in [-0.2, -0.15) is 0 Å². The van der Waals surface area contributed by atoms with E-state index >= 15 is 0 Å². The molecule has 6 nitrogen and oxygen atoms in total. The predicted octanol–water partition coefficient (Wildman–Crippen LogP) is 1.28. The van der Waals surface area contributed by atoms with Crippen LogP contribution in [-0.4, -0.2) is 49.6 Å². The van der Waals surface area contributed by atoms with E-state index in [1.807, 2.05) is 6.92 Å². The van der Waals surface area contributed by atoms with Gasteiger partial charge in [0.15, 0.2) is 5.76 Å². The fourth-order valence-electron chi connectivity index (χ4n) is 2.55. The van der Waals surface area contributed by atoms with E-state index in [9.17, 15) is 9.59 Å². The Morgan fingerprint density at radius 2 is 2.19 bits per heavy atom. The number of nitrogens with one attached hydrogen (secondary N) is 1. The zero-order valence-electron chi connectivity index (χ0n) is 12.5. The number of nitrogens with zero attached hydrogens (tertiary/aromatic N) is 1. The highest BCUT2D eigenvalue weighted by molar-refractivity contribution is 5.91. The number of piperidine rings is 1. The molecule has 2 rings (SSSR count). The topological polar surface area (TPSA) is 71.8 Å². The van der Waals surface area contributed by atoms with Gasteiger partial charge in [-0.25, -0.2) is 0 Å². The van der Waals surface area contributed by atoms with Crippen molar-refractivity contribution in [2.24, 2.45) is 5.92 Å². The van der Waals surface area contributed by atoms with Crippen LogP contribution in [0.2, 0.25) is 0 Å². The van der Waals surface area contributed by atoms with E-state index in [1.165, 1.54) is 6.26 Å². The molecule has 0 radical (unpaired) electrons. The zero-order chi connectivity index (χ0) is 15.2. The Labute approximate surface area is 124 Å². The minimum absolute atomic E-state index is 0.00489. The summed E-state index contributed by atoms with van der Waals surface area (Å²) in [5.74, 6) is 0.257. The van der Waals surface area contributed by atoms with Gasteiger partial charge in [-0.1, -0.05) is 0 Å². The third-order valence-electron chi connectivity index (χ3n) is 3.69. The van der Waals surface area contributed by atoms with E-state index in [4.69, 9.17) is 9.15 Å². The minimum Gasteiger partial charge on any atom is -0.459 e. The number of rotatable bonds is 5. The lowest BCUT2D eigenvalue weighted by molar-refractivity contribution is -0.127. The molecule has 2 amide bonds. The van der Waals surface area contributed by atoms with E-state index in [-0.39, 0.29) is 23.8 Å². The van der Waals surface area contributed by atoms with E-state index < -0.39 is 0 Å². The van der Waals surface area contributed by atoms with Crippen molar-refractivity contribution in [3.63, 3.8) is 0 Å². The van der Waals surface area contributed by atoms with Crippen LogP contribution in [0, 0.1) is 5.92 Å². The number of hydrogen-bond acceptors (Lipinski definition) is 4. The molecule has 0 aromatic carbocycles. The highest BCUT2D eigenvalue weighted by Gasteiger charge is 2.29. The van der Waals surface area contributed by atoms with E-state index in [0.717, 1.165) is 0 Å². The third kappa shape index (κ3) is 4.07. The molecular formula is C15H22N2O4. The van der Waals surface area contributed by atoms with Gasteiger partial charge in [-0.15, -0.1) is 0 Å². The van der Waals surface area contributed by atoms with Crippen LogP contribution in [0.3, 0.4) is 0 Å². The van der Waals surface area contributed by atoms with Crippen molar-refractivity contribution in [1.82, 2.24) is 10.2 Å². The summed E-state index contributed by atoms with van der Waals surface area (Å²) in [6.45, 7) is 3.57. The second-order valence-corrected chi connectivity index (χ2v) is 5.41. The first-order chi connectivity index (χ1) is 10.1. The summed E-state index contributed by atoms with van der Waals surface area (Å²) in [6.07, 6.45) is 2.85. The Balaban J connectivity index is 1.80. The average Bonchev–Trinajstić information content (AvgIpc) is 3.01. The minimum atomic E-state index is -0.105. The lowest BCUT2D eigenvalue weighted by atomic mass is 9.95. The van der Waals surface area contributed by atoms with Gasteiger partial charge in [0.25, 0.3) is 5.91 Å². The lowest BCUT2D eigenvalue weighted by Crippen LogP contribution is -2.45. The third-order valence-corrected chi connectivity index (χ3v) is 3.69. The van der Waals surface area contributed by atoms with Crippen LogP contribution < -0.4 is 5.32 Å². The Morgan fingerprint density at radius 1 is 1.48 bits per heavy atom. The van der Waals surface area contributed by atoms with Crippen LogP contribution in [0.25, 0.3) is 0 Å². The number of methoxy groups -OCH3 is 1. The van der Waals surface area contributed by atoms with Gasteiger partial charge in [0.1, 0.15) is 0 Å². The molecule has 1 fully saturated rings. The van der Waals surface area contributed by atoms with Crippen LogP contribution in [0.4, 0.5) is 0 Å². The Hall–Kier alpha value is -1.82. The molecule has 1 aromatic heterocycles. The molecule has 0 bridgehead atoms. The molecule has 0 aliphatic carbocycles. The van der Waals surface area contributed by atoms with Crippen LogP contribution in [-0.2, 0) is 9.53 Å². The smallest absolute Gasteiger partial charge is 0.289 e. The molecule has 0 saturated carbocycles. The summed E-state index contributed by atoms with van der Waals surface area (Å²) in [6, 6.07) is 3.36. The molecule has 1 saturated heterocycles. The van der Waals surface area contributed by atoms with Crippen molar-refractivity contribution in [3.8, 4) is 0 Å². The number of carbonyl (C=O) groups excluding carboxylic acids is 2. The van der Waals surface area contributed by atoms with Crippen LogP contribution in [0.1, 0.15) is 30.3 Å². The molecule has 1 aliphatic rings. The average molecular weight is 294 g/mol. The van der Waals surface area contributed by atoms with Crippen molar-refractivity contribution >= 4 is 11.8 Å². The van der Waals surface area contributed by atoms with Crippen LogP contribution in [0.5, 0.6) is 0 Å². The van der Waals surface area contributed by atoms with Gasteiger partial charge in [0.2, 0.25) is 5.91 Å². The number of ether oxygens (including phenoxy) is 1. The van der Waals surface area contributed by atoms with Crippen molar-refractivity contribution in [2.45, 2.75) is 25.8 Å². The normalized spacial score (nSPS) is 17.5. The van der Waals surface area contributed by atoms with Crippen molar-refractivity contribution in [3.05, 3.63) is 24.2 Å². The second-order valence-electron chi connectivity index (χ2n) is 5.41. The van der Waals surface area contributed by atoms with Gasteiger partial charge in [-0.3, -0.25) is 9.59 Å². The maximum Gasteiger partial charge on any atom is 0.289 e. The van der Waals surface area contributed by atoms with Gasteiger partial charge in [0.05, 0.1) is 12.9 Å². The first-order valence-corrected chi connectivity index (χ1v) is 7.24. The maximum atomic E-state index is 12.1. The molecule has 6 heteroatoms. The number of hydrogen-bond donors (Lipinski definition) is 1. The summed E-state index contributed by atoms with van der Waals surface area (Å²) < 4.78 is 10.1. The standard InChI is InChI=1S/C15H22N2O4/c1-11(10-20-2)16-14(18)12-5-7-17(8-6-12)15(19)13-4-3-9-21-13/h3-4,9,11-12H,5-8,10H2,1-2H3,(H,16,18). The molecular weight excluding hydrogens is 272 g/mol. The Kier molecular flexibility index (Phi) is 5.38. The van der Waals surface area contributed by atoms with Gasteiger partial charge in [0, 0.05) is 32.2 Å². The first-order valence-electron chi connectivity index (χ1n) is 7.24. The molecule has 1 atom stereocenters. The molecule has 1 unspecified atom stereocenters. The fraction of sp³-hybridized carbons (Fsp3) is 0.600. The molecule has 21 heavy (non-hydrogen) atoms. The van der Waals surface area contributed by atoms with Gasteiger partial charge < -0.3 is 19.4 Å². The Morgan fingerprint density at radius 3 is 2.76 bits per heavy atom. The van der Waals surface area contributed by atoms with E-state index in [2.05, 4.69) is 5.32 Å². The number of furan rings is 1. The molecule has 1 aromatic rings. The van der Waals surface area contributed by atoms with Crippen molar-refractivity contribution < 1.29 is 18.7 Å². The Bertz CT molecular complexity index is 464. The quantitative estimate of drug-likeness (QED) is 0.888. The van der Waals surface area contributed by atoms with Gasteiger partial charge >= 0.3 is 0 Å². The summed E-state index contributed by atoms with van der Waals surface area (Å²) in [7, 11) is 1.61. The van der Waals surface area contributed by atoms with Crippen molar-refractivity contribution in [1.29, 1.82) is 0 Å². The highest BCUT2D eigenvalue weighted by atomic mass is 16.5. The maximum absolute atomic E-state index is 12.1. The molecule has 1 N–H and O–H groups in total. The molecule has 0 spiro atoms. The zero-order valence-corrected chi connectivity index (χ0v) is 12.5. The highest BCUT2D eigenvalue weighted by Crippen LogP contribution is 2.19. The monoisotopic (exact) mass is 294 g/mol. The van der Waals surface area contributed by atoms with E-state index in [1.54, 1.807) is 24.1 Å². The lowest BCUT2D eigenvalue weighted by Gasteiger charge is -2.31. The summed E-state index contributed by atoms with van der Waals surface area (Å²) in [4.78, 5) is 26.0. The van der Waals surface area contributed by atoms with Gasteiger partial charge in [-0.05, 0) is 31.9 Å². The predicted molar refractivity (Wildman–Crippen MR) is 76.8 cm³/mol. The van der Waals surface area contributed by atoms with E-state index in [0.29, 0.717) is 38.3 Å². The van der Waals surface area contributed by atoms with Crippen molar-refractivity contribution in [2.75, 3.05) is 26.8 Å². The largest absolute Gasteiger partial charge is 0.459 e. The summed E-state index contributed by atoms with van der Waals surface area (Å²) >= 11 is 0. The van der Waals surface area contributed by atoms with Crippen LogP contribution in [0.15, 0.2) is 22.8 Å².